The van der Waals surface area contributed by atoms with Gasteiger partial charge in [0.15, 0.2) is 5.82 Å². The lowest BCUT2D eigenvalue weighted by atomic mass is 10.2. The monoisotopic (exact) mass is 359 g/mol. The molecule has 1 rings (SSSR count). The topological polar surface area (TPSA) is 52.5 Å². The molecule has 3 N–H and O–H groups in total. The number of anilines is 1. The number of aliphatic hydroxyl groups is 2. The van der Waals surface area contributed by atoms with Crippen molar-refractivity contribution in [1.82, 2.24) is 0 Å². The van der Waals surface area contributed by atoms with E-state index in [1.165, 1.54) is 0 Å². The molecule has 1 atom stereocenters. The van der Waals surface area contributed by atoms with Crippen molar-refractivity contribution in [2.45, 2.75) is 6.10 Å². The largest absolute Gasteiger partial charge is 0.394 e. The normalized spacial score (nSPS) is 12.6. The molecule has 0 saturated carbocycles. The highest BCUT2D eigenvalue weighted by Gasteiger charge is 2.16. The molecule has 0 aliphatic carbocycles. The zero-order chi connectivity index (χ0) is 12.3. The second-order valence-electron chi connectivity index (χ2n) is 3.06. The predicted molar refractivity (Wildman–Crippen MR) is 63.3 cm³/mol. The summed E-state index contributed by atoms with van der Waals surface area (Å²) in [7, 11) is 0. The van der Waals surface area contributed by atoms with Crippen LogP contribution in [0.25, 0.3) is 0 Å². The van der Waals surface area contributed by atoms with Crippen LogP contribution in [0.2, 0.25) is 0 Å². The molecule has 0 radical (unpaired) electrons. The number of halogens is 4. The summed E-state index contributed by atoms with van der Waals surface area (Å²) in [4.78, 5) is 0. The van der Waals surface area contributed by atoms with Crippen molar-refractivity contribution in [3.05, 3.63) is 26.6 Å². The van der Waals surface area contributed by atoms with Gasteiger partial charge in [-0.15, -0.1) is 0 Å². The molecule has 0 fully saturated rings. The molecule has 16 heavy (non-hydrogen) atoms. The van der Waals surface area contributed by atoms with Crippen LogP contribution in [-0.2, 0) is 0 Å². The molecular weight excluding hydrogens is 352 g/mol. The summed E-state index contributed by atoms with van der Waals surface area (Å²) >= 11 is 5.76. The van der Waals surface area contributed by atoms with Gasteiger partial charge >= 0.3 is 0 Å². The molecule has 0 aliphatic heterocycles. The average Bonchev–Trinajstić information content (AvgIpc) is 2.25. The van der Waals surface area contributed by atoms with E-state index in [-0.39, 0.29) is 21.2 Å². The standard InChI is InChI=1S/C9H9Br2F2NO2/c10-5-1-6(12)9(7(11)8(5)13)14-2-4(16)3-15/h1,4,14-16H,2-3H2. The minimum Gasteiger partial charge on any atom is -0.394 e. The van der Waals surface area contributed by atoms with Crippen LogP contribution in [0, 0.1) is 11.6 Å². The van der Waals surface area contributed by atoms with Gasteiger partial charge in [0, 0.05) is 6.54 Å². The van der Waals surface area contributed by atoms with Gasteiger partial charge in [0.05, 0.1) is 27.3 Å². The Morgan fingerprint density at radius 2 is 2.00 bits per heavy atom. The Balaban J connectivity index is 2.92. The summed E-state index contributed by atoms with van der Waals surface area (Å²) in [6.07, 6.45) is -1.03. The van der Waals surface area contributed by atoms with Crippen molar-refractivity contribution in [1.29, 1.82) is 0 Å². The van der Waals surface area contributed by atoms with Gasteiger partial charge in [-0.1, -0.05) is 0 Å². The Hall–Kier alpha value is -0.240. The van der Waals surface area contributed by atoms with Gasteiger partial charge in [-0.05, 0) is 37.9 Å². The summed E-state index contributed by atoms with van der Waals surface area (Å²) in [5.41, 5.74) is -0.0896. The van der Waals surface area contributed by atoms with Crippen molar-refractivity contribution < 1.29 is 19.0 Å². The number of benzene rings is 1. The molecule has 0 heterocycles. The van der Waals surface area contributed by atoms with E-state index in [1.54, 1.807) is 0 Å². The van der Waals surface area contributed by atoms with E-state index in [0.717, 1.165) is 6.07 Å². The molecule has 0 aromatic heterocycles. The molecule has 0 amide bonds. The van der Waals surface area contributed by atoms with Gasteiger partial charge in [0.1, 0.15) is 5.82 Å². The summed E-state index contributed by atoms with van der Waals surface area (Å²) in [5.74, 6) is -1.30. The molecule has 0 saturated heterocycles. The van der Waals surface area contributed by atoms with E-state index in [9.17, 15) is 8.78 Å². The molecular formula is C9H9Br2F2NO2. The highest BCUT2D eigenvalue weighted by Crippen LogP contribution is 2.33. The number of hydrogen-bond donors (Lipinski definition) is 3. The second kappa shape index (κ2) is 5.90. The van der Waals surface area contributed by atoms with Gasteiger partial charge in [-0.2, -0.15) is 0 Å². The van der Waals surface area contributed by atoms with Crippen molar-refractivity contribution in [3.8, 4) is 0 Å². The van der Waals surface area contributed by atoms with E-state index >= 15 is 0 Å². The second-order valence-corrected chi connectivity index (χ2v) is 4.71. The first kappa shape index (κ1) is 13.8. The van der Waals surface area contributed by atoms with E-state index < -0.39 is 24.3 Å². The quantitative estimate of drug-likeness (QED) is 0.570. The zero-order valence-electron chi connectivity index (χ0n) is 7.98. The number of aliphatic hydroxyl groups excluding tert-OH is 2. The Bertz CT molecular complexity index is 390. The summed E-state index contributed by atoms with van der Waals surface area (Å²) < 4.78 is 26.7. The zero-order valence-corrected chi connectivity index (χ0v) is 11.1. The summed E-state index contributed by atoms with van der Waals surface area (Å²) in [5, 5.41) is 20.2. The maximum Gasteiger partial charge on any atom is 0.153 e. The fourth-order valence-electron chi connectivity index (χ4n) is 1.01. The van der Waals surface area contributed by atoms with Gasteiger partial charge in [0.25, 0.3) is 0 Å². The molecule has 0 aliphatic rings. The Labute approximate surface area is 108 Å². The molecule has 1 unspecified atom stereocenters. The number of rotatable bonds is 4. The molecule has 3 nitrogen and oxygen atoms in total. The van der Waals surface area contributed by atoms with Crippen LogP contribution >= 0.6 is 31.9 Å². The highest BCUT2D eigenvalue weighted by molar-refractivity contribution is 9.11. The van der Waals surface area contributed by atoms with Crippen molar-refractivity contribution in [2.75, 3.05) is 18.5 Å². The Kier molecular flexibility index (Phi) is 5.10. The Morgan fingerprint density at radius 3 is 2.56 bits per heavy atom. The van der Waals surface area contributed by atoms with Crippen LogP contribution < -0.4 is 5.32 Å². The molecule has 7 heteroatoms. The maximum absolute atomic E-state index is 13.4. The lowest BCUT2D eigenvalue weighted by Crippen LogP contribution is -2.23. The van der Waals surface area contributed by atoms with Crippen LogP contribution in [-0.4, -0.2) is 29.5 Å². The van der Waals surface area contributed by atoms with Gasteiger partial charge < -0.3 is 15.5 Å². The fraction of sp³-hybridized carbons (Fsp3) is 0.333. The molecule has 0 bridgehead atoms. The minimum atomic E-state index is -1.03. The van der Waals surface area contributed by atoms with E-state index in [1.807, 2.05) is 0 Å². The van der Waals surface area contributed by atoms with Crippen molar-refractivity contribution in [2.24, 2.45) is 0 Å². The van der Waals surface area contributed by atoms with Crippen LogP contribution in [0.15, 0.2) is 15.0 Å². The first-order valence-electron chi connectivity index (χ1n) is 4.33. The van der Waals surface area contributed by atoms with Crippen LogP contribution in [0.1, 0.15) is 0 Å². The first-order chi connectivity index (χ1) is 7.47. The smallest absolute Gasteiger partial charge is 0.153 e. The van der Waals surface area contributed by atoms with E-state index in [2.05, 4.69) is 37.2 Å². The van der Waals surface area contributed by atoms with Crippen LogP contribution in [0.5, 0.6) is 0 Å². The first-order valence-corrected chi connectivity index (χ1v) is 5.91. The number of nitrogens with one attached hydrogen (secondary N) is 1. The predicted octanol–water partition coefficient (Wildman–Crippen LogP) is 2.25. The lowest BCUT2D eigenvalue weighted by Gasteiger charge is -2.13. The van der Waals surface area contributed by atoms with Crippen LogP contribution in [0.3, 0.4) is 0 Å². The Morgan fingerprint density at radius 1 is 1.38 bits per heavy atom. The number of hydrogen-bond acceptors (Lipinski definition) is 3. The third-order valence-corrected chi connectivity index (χ3v) is 3.16. The molecule has 1 aromatic carbocycles. The van der Waals surface area contributed by atoms with Crippen LogP contribution in [0.4, 0.5) is 14.5 Å². The van der Waals surface area contributed by atoms with Crippen molar-refractivity contribution >= 4 is 37.5 Å². The maximum atomic E-state index is 13.4. The third-order valence-electron chi connectivity index (χ3n) is 1.84. The third kappa shape index (κ3) is 3.13. The van der Waals surface area contributed by atoms with Gasteiger partial charge in [0.2, 0.25) is 0 Å². The SMILES string of the molecule is OCC(O)CNc1c(F)cc(Br)c(F)c1Br. The van der Waals surface area contributed by atoms with E-state index in [0.29, 0.717) is 0 Å². The summed E-state index contributed by atoms with van der Waals surface area (Å²) in [6, 6.07) is 0.980. The molecule has 0 spiro atoms. The summed E-state index contributed by atoms with van der Waals surface area (Å²) in [6.45, 7) is -0.529. The van der Waals surface area contributed by atoms with Gasteiger partial charge in [-0.25, -0.2) is 8.78 Å². The lowest BCUT2D eigenvalue weighted by molar-refractivity contribution is 0.105. The fourth-order valence-corrected chi connectivity index (χ4v) is 2.22. The van der Waals surface area contributed by atoms with Gasteiger partial charge in [-0.3, -0.25) is 0 Å². The van der Waals surface area contributed by atoms with E-state index in [4.69, 9.17) is 10.2 Å². The average molecular weight is 361 g/mol. The minimum absolute atomic E-state index is 0.00475. The molecule has 90 valence electrons. The highest BCUT2D eigenvalue weighted by atomic mass is 79.9. The van der Waals surface area contributed by atoms with Crippen molar-refractivity contribution in [3.63, 3.8) is 0 Å². The molecule has 1 aromatic rings.